The number of hydrogen-bond acceptors (Lipinski definition) is 4. The fourth-order valence-corrected chi connectivity index (χ4v) is 3.05. The van der Waals surface area contributed by atoms with E-state index in [2.05, 4.69) is 10.4 Å². The van der Waals surface area contributed by atoms with Gasteiger partial charge in [0.1, 0.15) is 23.7 Å². The number of ether oxygens (including phenoxy) is 1. The van der Waals surface area contributed by atoms with Gasteiger partial charge in [-0.1, -0.05) is 18.2 Å². The molecule has 2 N–H and O–H groups in total. The van der Waals surface area contributed by atoms with Crippen molar-refractivity contribution in [3.63, 3.8) is 0 Å². The lowest BCUT2D eigenvalue weighted by atomic mass is 10.2. The number of amides is 1. The molecule has 3 rings (SSSR count). The highest BCUT2D eigenvalue weighted by atomic mass is 16.5. The van der Waals surface area contributed by atoms with Crippen LogP contribution in [0.25, 0.3) is 0 Å². The Bertz CT molecular complexity index is 684. The van der Waals surface area contributed by atoms with Gasteiger partial charge in [0.25, 0.3) is 5.91 Å². The van der Waals surface area contributed by atoms with Crippen LogP contribution in [0.1, 0.15) is 43.2 Å². The molecule has 6 heteroatoms. The Balaban J connectivity index is 1.62. The number of carbonyl (C=O) groups is 1. The maximum absolute atomic E-state index is 12.5. The fraction of sp³-hybridized carbons (Fsp3) is 0.444. The first-order valence-corrected chi connectivity index (χ1v) is 8.30. The number of rotatable bonds is 5. The Morgan fingerprint density at radius 3 is 2.75 bits per heavy atom. The number of carbonyl (C=O) groups excluding carboxylic acids is 1. The van der Waals surface area contributed by atoms with E-state index in [1.807, 2.05) is 44.2 Å². The molecule has 1 aliphatic rings. The highest BCUT2D eigenvalue weighted by Crippen LogP contribution is 2.25. The highest BCUT2D eigenvalue weighted by molar-refractivity contribution is 5.92. The zero-order valence-corrected chi connectivity index (χ0v) is 13.9. The van der Waals surface area contributed by atoms with E-state index < -0.39 is 6.10 Å². The van der Waals surface area contributed by atoms with Gasteiger partial charge < -0.3 is 15.2 Å². The Kier molecular flexibility index (Phi) is 4.85. The van der Waals surface area contributed by atoms with E-state index in [4.69, 9.17) is 4.74 Å². The van der Waals surface area contributed by atoms with Crippen molar-refractivity contribution < 1.29 is 14.6 Å². The van der Waals surface area contributed by atoms with E-state index in [1.54, 1.807) is 16.9 Å². The molecule has 128 valence electrons. The minimum Gasteiger partial charge on any atom is -0.488 e. The van der Waals surface area contributed by atoms with Gasteiger partial charge in [-0.2, -0.15) is 5.10 Å². The van der Waals surface area contributed by atoms with E-state index in [-0.39, 0.29) is 24.1 Å². The molecule has 1 aliphatic carbocycles. The summed E-state index contributed by atoms with van der Waals surface area (Å²) in [6.45, 7) is 3.94. The monoisotopic (exact) mass is 329 g/mol. The molecule has 1 aromatic carbocycles. The van der Waals surface area contributed by atoms with Crippen LogP contribution in [0.5, 0.6) is 5.75 Å². The van der Waals surface area contributed by atoms with Crippen LogP contribution in [-0.4, -0.2) is 39.0 Å². The smallest absolute Gasteiger partial charge is 0.269 e. The zero-order valence-electron chi connectivity index (χ0n) is 13.9. The maximum atomic E-state index is 12.5. The molecule has 1 heterocycles. The minimum absolute atomic E-state index is 0.100. The quantitative estimate of drug-likeness (QED) is 0.881. The predicted molar refractivity (Wildman–Crippen MR) is 90.0 cm³/mol. The van der Waals surface area contributed by atoms with Crippen molar-refractivity contribution in [2.24, 2.45) is 0 Å². The highest BCUT2D eigenvalue weighted by Gasteiger charge is 2.37. The number of para-hydroxylation sites is 1. The van der Waals surface area contributed by atoms with Gasteiger partial charge in [0.2, 0.25) is 0 Å². The van der Waals surface area contributed by atoms with Gasteiger partial charge in [0, 0.05) is 12.2 Å². The molecule has 1 aromatic heterocycles. The predicted octanol–water partition coefficient (Wildman–Crippen LogP) is 2.16. The Hall–Kier alpha value is -2.34. The summed E-state index contributed by atoms with van der Waals surface area (Å²) in [6.07, 6.45) is 1.95. The SMILES string of the molecule is CC(C)n1nccc1C(=O)N[C@@H]1CC[C@@H](Oc2ccccc2)[C@@H]1O. The zero-order chi connectivity index (χ0) is 17.1. The average molecular weight is 329 g/mol. The molecule has 0 aliphatic heterocycles. The topological polar surface area (TPSA) is 76.4 Å². The summed E-state index contributed by atoms with van der Waals surface area (Å²) in [5.41, 5.74) is 0.504. The molecule has 0 unspecified atom stereocenters. The van der Waals surface area contributed by atoms with Crippen LogP contribution in [0.4, 0.5) is 0 Å². The molecule has 1 saturated carbocycles. The standard InChI is InChI=1S/C18H23N3O3/c1-12(2)21-15(10-11-19-21)18(23)20-14-8-9-16(17(14)22)24-13-6-4-3-5-7-13/h3-7,10-12,14,16-17,22H,8-9H2,1-2H3,(H,20,23)/t14-,16-,17-/m1/s1. The van der Waals surface area contributed by atoms with Gasteiger partial charge >= 0.3 is 0 Å². The molecule has 6 nitrogen and oxygen atoms in total. The second kappa shape index (κ2) is 7.05. The number of hydrogen-bond donors (Lipinski definition) is 2. The third-order valence-corrected chi connectivity index (χ3v) is 4.29. The van der Waals surface area contributed by atoms with Gasteiger partial charge in [-0.05, 0) is 44.9 Å². The first kappa shape index (κ1) is 16.5. The third-order valence-electron chi connectivity index (χ3n) is 4.29. The van der Waals surface area contributed by atoms with Crippen molar-refractivity contribution >= 4 is 5.91 Å². The Labute approximate surface area is 141 Å². The second-order valence-corrected chi connectivity index (χ2v) is 6.37. The summed E-state index contributed by atoms with van der Waals surface area (Å²) in [5, 5.41) is 17.6. The molecule has 0 spiro atoms. The van der Waals surface area contributed by atoms with Gasteiger partial charge in [-0.15, -0.1) is 0 Å². The summed E-state index contributed by atoms with van der Waals surface area (Å²) in [7, 11) is 0. The lowest BCUT2D eigenvalue weighted by molar-refractivity contribution is 0.0432. The molecule has 2 aromatic rings. The lowest BCUT2D eigenvalue weighted by Crippen LogP contribution is -2.44. The summed E-state index contributed by atoms with van der Waals surface area (Å²) in [6, 6.07) is 10.9. The number of nitrogens with one attached hydrogen (secondary N) is 1. The molecule has 3 atom stereocenters. The molecule has 0 radical (unpaired) electrons. The van der Waals surface area contributed by atoms with Gasteiger partial charge in [0.05, 0.1) is 6.04 Å². The summed E-state index contributed by atoms with van der Waals surface area (Å²) < 4.78 is 7.51. The molecule has 0 bridgehead atoms. The van der Waals surface area contributed by atoms with E-state index >= 15 is 0 Å². The largest absolute Gasteiger partial charge is 0.488 e. The third kappa shape index (κ3) is 3.43. The average Bonchev–Trinajstić information content (AvgIpc) is 3.18. The van der Waals surface area contributed by atoms with Crippen LogP contribution in [-0.2, 0) is 0 Å². The van der Waals surface area contributed by atoms with Crippen molar-refractivity contribution in [3.05, 3.63) is 48.3 Å². The van der Waals surface area contributed by atoms with Gasteiger partial charge in [-0.25, -0.2) is 0 Å². The van der Waals surface area contributed by atoms with Crippen LogP contribution in [0.15, 0.2) is 42.6 Å². The van der Waals surface area contributed by atoms with Crippen LogP contribution in [0, 0.1) is 0 Å². The number of benzene rings is 1. The summed E-state index contributed by atoms with van der Waals surface area (Å²) in [4.78, 5) is 12.5. The summed E-state index contributed by atoms with van der Waals surface area (Å²) in [5.74, 6) is 0.511. The second-order valence-electron chi connectivity index (χ2n) is 6.37. The first-order valence-electron chi connectivity index (χ1n) is 8.30. The number of nitrogens with zero attached hydrogens (tertiary/aromatic N) is 2. The van der Waals surface area contributed by atoms with E-state index in [9.17, 15) is 9.90 Å². The maximum Gasteiger partial charge on any atom is 0.269 e. The minimum atomic E-state index is -0.732. The van der Waals surface area contributed by atoms with Gasteiger partial charge in [-0.3, -0.25) is 9.48 Å². The van der Waals surface area contributed by atoms with Gasteiger partial charge in [0.15, 0.2) is 0 Å². The van der Waals surface area contributed by atoms with E-state index in [1.165, 1.54) is 0 Å². The number of aliphatic hydroxyl groups is 1. The van der Waals surface area contributed by atoms with Crippen molar-refractivity contribution in [1.82, 2.24) is 15.1 Å². The number of aliphatic hydroxyl groups excluding tert-OH is 1. The molecular formula is C18H23N3O3. The fourth-order valence-electron chi connectivity index (χ4n) is 3.05. The van der Waals surface area contributed by atoms with Crippen molar-refractivity contribution in [2.75, 3.05) is 0 Å². The van der Waals surface area contributed by atoms with Crippen LogP contribution >= 0.6 is 0 Å². The first-order chi connectivity index (χ1) is 11.6. The van der Waals surface area contributed by atoms with Crippen LogP contribution < -0.4 is 10.1 Å². The van der Waals surface area contributed by atoms with Crippen molar-refractivity contribution in [1.29, 1.82) is 0 Å². The van der Waals surface area contributed by atoms with Crippen LogP contribution in [0.2, 0.25) is 0 Å². The molecule has 0 saturated heterocycles. The van der Waals surface area contributed by atoms with E-state index in [0.717, 1.165) is 5.75 Å². The summed E-state index contributed by atoms with van der Waals surface area (Å²) >= 11 is 0. The lowest BCUT2D eigenvalue weighted by Gasteiger charge is -2.22. The van der Waals surface area contributed by atoms with E-state index in [0.29, 0.717) is 18.5 Å². The Morgan fingerprint density at radius 2 is 2.04 bits per heavy atom. The molecule has 1 amide bonds. The molecular weight excluding hydrogens is 306 g/mol. The Morgan fingerprint density at radius 1 is 1.29 bits per heavy atom. The molecule has 24 heavy (non-hydrogen) atoms. The van der Waals surface area contributed by atoms with Crippen molar-refractivity contribution in [2.45, 2.75) is 51.0 Å². The molecule has 1 fully saturated rings. The van der Waals surface area contributed by atoms with Crippen molar-refractivity contribution in [3.8, 4) is 5.75 Å². The number of aromatic nitrogens is 2. The van der Waals surface area contributed by atoms with Crippen LogP contribution in [0.3, 0.4) is 0 Å². The normalized spacial score (nSPS) is 23.4.